The zero-order valence-electron chi connectivity index (χ0n) is 8.69. The molecule has 0 amide bonds. The Hall–Kier alpha value is -1.38. The van der Waals surface area contributed by atoms with Gasteiger partial charge >= 0.3 is 0 Å². The molecule has 2 rings (SSSR count). The Bertz CT molecular complexity index is 345. The molecule has 2 aliphatic rings. The van der Waals surface area contributed by atoms with Gasteiger partial charge < -0.3 is 0 Å². The SMILES string of the molecule is [2H]C1[C@@H](N=[N+]=[N-])C[C@@H]2C[C@H](N=[N+]=[N-])C[C@@H]12. The summed E-state index contributed by atoms with van der Waals surface area (Å²) in [5.41, 5.74) is 16.7. The molecule has 5 atom stereocenters. The molecule has 0 bridgehead atoms. The van der Waals surface area contributed by atoms with Gasteiger partial charge in [0.15, 0.2) is 0 Å². The van der Waals surface area contributed by atoms with Crippen LogP contribution in [-0.2, 0) is 0 Å². The van der Waals surface area contributed by atoms with E-state index in [0.717, 1.165) is 19.3 Å². The van der Waals surface area contributed by atoms with Gasteiger partial charge in [0.05, 0.1) is 0 Å². The maximum atomic E-state index is 8.35. The fraction of sp³-hybridized carbons (Fsp3) is 1.00. The van der Waals surface area contributed by atoms with Crippen molar-refractivity contribution in [3.05, 3.63) is 20.9 Å². The molecule has 0 aromatic heterocycles. The Kier molecular flexibility index (Phi) is 2.15. The van der Waals surface area contributed by atoms with Gasteiger partial charge in [-0.1, -0.05) is 10.2 Å². The van der Waals surface area contributed by atoms with Crippen LogP contribution in [-0.4, -0.2) is 12.1 Å². The van der Waals surface area contributed by atoms with Crippen molar-refractivity contribution in [1.29, 1.82) is 0 Å². The fourth-order valence-electron chi connectivity index (χ4n) is 2.63. The third kappa shape index (κ3) is 1.62. The van der Waals surface area contributed by atoms with E-state index in [-0.39, 0.29) is 24.4 Å². The number of rotatable bonds is 2. The summed E-state index contributed by atoms with van der Waals surface area (Å²) >= 11 is 0. The molecule has 2 aliphatic carbocycles. The monoisotopic (exact) mass is 193 g/mol. The van der Waals surface area contributed by atoms with Crippen LogP contribution in [0.4, 0.5) is 0 Å². The van der Waals surface area contributed by atoms with E-state index >= 15 is 0 Å². The van der Waals surface area contributed by atoms with Gasteiger partial charge in [0.1, 0.15) is 0 Å². The number of hydrogen-bond acceptors (Lipinski definition) is 2. The lowest BCUT2D eigenvalue weighted by Crippen LogP contribution is -2.03. The molecular formula is C8H12N6. The normalized spacial score (nSPS) is 46.0. The Balaban J connectivity index is 2.05. The molecule has 2 saturated carbocycles. The quantitative estimate of drug-likeness (QED) is 0.365. The molecule has 0 aliphatic heterocycles. The maximum absolute atomic E-state index is 8.35. The summed E-state index contributed by atoms with van der Waals surface area (Å²) in [6.07, 6.45) is 2.09. The van der Waals surface area contributed by atoms with Crippen LogP contribution in [0.2, 0.25) is 0 Å². The van der Waals surface area contributed by atoms with Gasteiger partial charge in [0.25, 0.3) is 0 Å². The number of fused-ring (bicyclic) bond motifs is 1. The van der Waals surface area contributed by atoms with Crippen LogP contribution < -0.4 is 0 Å². The summed E-state index contributed by atoms with van der Waals surface area (Å²) < 4.78 is 7.94. The molecule has 0 saturated heterocycles. The second-order valence-electron chi connectivity index (χ2n) is 3.95. The summed E-state index contributed by atoms with van der Waals surface area (Å²) in [5, 5.41) is 7.35. The second-order valence-corrected chi connectivity index (χ2v) is 3.95. The van der Waals surface area contributed by atoms with Crippen molar-refractivity contribution in [3.8, 4) is 0 Å². The highest BCUT2D eigenvalue weighted by Crippen LogP contribution is 2.46. The van der Waals surface area contributed by atoms with E-state index in [1.807, 2.05) is 0 Å². The molecule has 2 fully saturated rings. The van der Waals surface area contributed by atoms with Crippen LogP contribution in [0.15, 0.2) is 10.2 Å². The van der Waals surface area contributed by atoms with Gasteiger partial charge in [0, 0.05) is 23.3 Å². The van der Waals surface area contributed by atoms with E-state index in [2.05, 4.69) is 20.1 Å². The summed E-state index contributed by atoms with van der Waals surface area (Å²) in [4.78, 5) is 5.58. The van der Waals surface area contributed by atoms with Crippen molar-refractivity contribution < 1.29 is 1.37 Å². The highest BCUT2D eigenvalue weighted by Gasteiger charge is 2.40. The van der Waals surface area contributed by atoms with Crippen LogP contribution >= 0.6 is 0 Å². The molecule has 14 heavy (non-hydrogen) atoms. The van der Waals surface area contributed by atoms with Crippen molar-refractivity contribution in [2.45, 2.75) is 37.7 Å². The van der Waals surface area contributed by atoms with Gasteiger partial charge in [-0.05, 0) is 48.6 Å². The molecule has 0 aromatic rings. The van der Waals surface area contributed by atoms with Crippen LogP contribution in [0.1, 0.15) is 27.0 Å². The van der Waals surface area contributed by atoms with Crippen LogP contribution in [0.5, 0.6) is 0 Å². The molecule has 6 heteroatoms. The highest BCUT2D eigenvalue weighted by molar-refractivity contribution is 4.96. The third-order valence-electron chi connectivity index (χ3n) is 3.15. The second kappa shape index (κ2) is 3.78. The van der Waals surface area contributed by atoms with Gasteiger partial charge in [-0.2, -0.15) is 0 Å². The molecule has 0 spiro atoms. The first-order valence-corrected chi connectivity index (χ1v) is 4.77. The highest BCUT2D eigenvalue weighted by atomic mass is 15.2. The van der Waals surface area contributed by atoms with Gasteiger partial charge in [-0.15, -0.1) is 0 Å². The predicted molar refractivity (Wildman–Crippen MR) is 51.3 cm³/mol. The van der Waals surface area contributed by atoms with Crippen molar-refractivity contribution in [2.24, 2.45) is 22.1 Å². The van der Waals surface area contributed by atoms with Crippen LogP contribution in [0.25, 0.3) is 20.9 Å². The van der Waals surface area contributed by atoms with Crippen molar-refractivity contribution in [3.63, 3.8) is 0 Å². The lowest BCUT2D eigenvalue weighted by molar-refractivity contribution is 0.457. The topological polar surface area (TPSA) is 97.5 Å². The predicted octanol–water partition coefficient (Wildman–Crippen LogP) is 3.16. The number of hydrogen-bond donors (Lipinski definition) is 0. The smallest absolute Gasteiger partial charge is 0.0379 e. The fourth-order valence-corrected chi connectivity index (χ4v) is 2.63. The van der Waals surface area contributed by atoms with Crippen molar-refractivity contribution in [1.82, 2.24) is 0 Å². The summed E-state index contributed by atoms with van der Waals surface area (Å²) in [6.45, 7) is 0. The Labute approximate surface area is 83.0 Å². The van der Waals surface area contributed by atoms with Gasteiger partial charge in [-0.25, -0.2) is 0 Å². The number of azide groups is 2. The molecule has 0 N–H and O–H groups in total. The average molecular weight is 193 g/mol. The lowest BCUT2D eigenvalue weighted by Gasteiger charge is -2.05. The van der Waals surface area contributed by atoms with E-state index in [0.29, 0.717) is 5.92 Å². The molecule has 1 unspecified atom stereocenters. The zero-order chi connectivity index (χ0) is 10.8. The van der Waals surface area contributed by atoms with E-state index < -0.39 is 0 Å². The van der Waals surface area contributed by atoms with Crippen LogP contribution in [0, 0.1) is 11.8 Å². The van der Waals surface area contributed by atoms with Crippen molar-refractivity contribution in [2.75, 3.05) is 0 Å². The zero-order valence-corrected chi connectivity index (χ0v) is 7.69. The van der Waals surface area contributed by atoms with E-state index in [1.54, 1.807) is 0 Å². The van der Waals surface area contributed by atoms with Crippen molar-refractivity contribution >= 4 is 0 Å². The minimum absolute atomic E-state index is 0.0462. The standard InChI is InChI=1S/C8H12N6/c9-13-11-7-1-5-2-8(12-14-10)4-6(5)3-7/h5-8H,1-4H2/t5-,6-,7-,8-/i1D/t1?,5-,6-,7-,8-/m1/s1. The Morgan fingerprint density at radius 1 is 1.00 bits per heavy atom. The first-order chi connectivity index (χ1) is 7.26. The molecule has 0 aromatic carbocycles. The van der Waals surface area contributed by atoms with E-state index in [4.69, 9.17) is 12.4 Å². The summed E-state index contributed by atoms with van der Waals surface area (Å²) in [5.74, 6) is 0.648. The first kappa shape index (κ1) is 7.97. The molecule has 6 nitrogen and oxygen atoms in total. The third-order valence-corrected chi connectivity index (χ3v) is 3.15. The first-order valence-electron chi connectivity index (χ1n) is 5.34. The minimum Gasteiger partial charge on any atom is -0.0906 e. The van der Waals surface area contributed by atoms with E-state index in [9.17, 15) is 0 Å². The summed E-state index contributed by atoms with van der Waals surface area (Å²) in [6, 6.07) is -0.137. The van der Waals surface area contributed by atoms with E-state index in [1.165, 1.54) is 0 Å². The number of nitrogens with zero attached hydrogens (tertiary/aromatic N) is 6. The molecule has 0 radical (unpaired) electrons. The lowest BCUT2D eigenvalue weighted by atomic mass is 10.0. The minimum atomic E-state index is -0.315. The maximum Gasteiger partial charge on any atom is 0.0379 e. The molecular weight excluding hydrogens is 180 g/mol. The van der Waals surface area contributed by atoms with Gasteiger partial charge in [-0.3, -0.25) is 0 Å². The largest absolute Gasteiger partial charge is 0.0906 e. The Morgan fingerprint density at radius 2 is 1.57 bits per heavy atom. The Morgan fingerprint density at radius 3 is 2.21 bits per heavy atom. The van der Waals surface area contributed by atoms with Crippen LogP contribution in [0.3, 0.4) is 0 Å². The summed E-state index contributed by atoms with van der Waals surface area (Å²) in [7, 11) is 0. The molecule has 74 valence electrons. The molecule has 0 heterocycles. The van der Waals surface area contributed by atoms with Gasteiger partial charge in [0.2, 0.25) is 0 Å². The average Bonchev–Trinajstić information content (AvgIpc) is 2.70.